The number of aliphatic imine (C=N–C) groups is 1. The van der Waals surface area contributed by atoms with Crippen LogP contribution in [0.5, 0.6) is 0 Å². The Bertz CT molecular complexity index is 745. The SMILES string of the molecule is C=CCCC(C)C[C@@H](COC)C(N=C(c1ccccc1)c1ccccc1)C(=O)O. The number of hydrogen-bond donors (Lipinski definition) is 1. The zero-order chi connectivity index (χ0) is 21.1. The zero-order valence-corrected chi connectivity index (χ0v) is 17.3. The van der Waals surface area contributed by atoms with Crippen LogP contribution in [0.4, 0.5) is 0 Å². The van der Waals surface area contributed by atoms with Gasteiger partial charge in [-0.1, -0.05) is 73.7 Å². The minimum absolute atomic E-state index is 0.209. The summed E-state index contributed by atoms with van der Waals surface area (Å²) in [4.78, 5) is 17.0. The monoisotopic (exact) mass is 393 g/mol. The van der Waals surface area contributed by atoms with Crippen molar-refractivity contribution >= 4 is 11.7 Å². The third-order valence-corrected chi connectivity index (χ3v) is 5.01. The molecule has 0 aliphatic rings. The molecule has 0 saturated heterocycles. The Morgan fingerprint density at radius 3 is 2.10 bits per heavy atom. The Morgan fingerprint density at radius 2 is 1.66 bits per heavy atom. The molecule has 0 aliphatic heterocycles. The molecule has 0 spiro atoms. The lowest BCUT2D eigenvalue weighted by atomic mass is 9.87. The molecule has 4 nitrogen and oxygen atoms in total. The topological polar surface area (TPSA) is 58.9 Å². The first kappa shape index (κ1) is 22.6. The zero-order valence-electron chi connectivity index (χ0n) is 17.3. The average molecular weight is 394 g/mol. The second-order valence-corrected chi connectivity index (χ2v) is 7.42. The van der Waals surface area contributed by atoms with Crippen LogP contribution in [-0.2, 0) is 9.53 Å². The number of methoxy groups -OCH3 is 1. The van der Waals surface area contributed by atoms with E-state index >= 15 is 0 Å². The van der Waals surface area contributed by atoms with Crippen LogP contribution in [0.1, 0.15) is 37.3 Å². The molecular formula is C25H31NO3. The lowest BCUT2D eigenvalue weighted by Gasteiger charge is -2.24. The standard InChI is InChI=1S/C25H31NO3/c1-4-5-12-19(2)17-22(18-29-3)24(25(27)28)26-23(20-13-8-6-9-14-20)21-15-10-7-11-16-21/h4,6-11,13-16,19,22,24H,1,5,12,17-18H2,2-3H3,(H,27,28)/t19?,22-,24?/m0/s1. The lowest BCUT2D eigenvalue weighted by molar-refractivity contribution is -0.140. The van der Waals surface area contributed by atoms with Gasteiger partial charge in [0.15, 0.2) is 6.04 Å². The van der Waals surface area contributed by atoms with Crippen molar-refractivity contribution in [2.45, 2.75) is 32.2 Å². The first-order valence-electron chi connectivity index (χ1n) is 10.1. The number of carbonyl (C=O) groups is 1. The van der Waals surface area contributed by atoms with E-state index in [1.165, 1.54) is 0 Å². The van der Waals surface area contributed by atoms with Gasteiger partial charge in [-0.05, 0) is 25.2 Å². The third kappa shape index (κ3) is 6.99. The predicted molar refractivity (Wildman–Crippen MR) is 119 cm³/mol. The van der Waals surface area contributed by atoms with E-state index in [9.17, 15) is 9.90 Å². The molecule has 1 N–H and O–H groups in total. The van der Waals surface area contributed by atoms with Crippen LogP contribution in [0, 0.1) is 11.8 Å². The first-order chi connectivity index (χ1) is 14.1. The van der Waals surface area contributed by atoms with Gasteiger partial charge in [-0.2, -0.15) is 0 Å². The molecule has 0 saturated carbocycles. The highest BCUT2D eigenvalue weighted by Gasteiger charge is 2.30. The highest BCUT2D eigenvalue weighted by atomic mass is 16.5. The minimum Gasteiger partial charge on any atom is -0.480 e. The number of ether oxygens (including phenoxy) is 1. The Hall–Kier alpha value is -2.72. The molecule has 4 heteroatoms. The molecule has 0 aliphatic carbocycles. The van der Waals surface area contributed by atoms with Crippen molar-refractivity contribution in [2.24, 2.45) is 16.8 Å². The summed E-state index contributed by atoms with van der Waals surface area (Å²) in [5, 5.41) is 10.0. The molecule has 29 heavy (non-hydrogen) atoms. The van der Waals surface area contributed by atoms with Crippen LogP contribution in [0.25, 0.3) is 0 Å². The second-order valence-electron chi connectivity index (χ2n) is 7.42. The molecule has 0 fully saturated rings. The van der Waals surface area contributed by atoms with E-state index in [0.717, 1.165) is 30.4 Å². The largest absolute Gasteiger partial charge is 0.480 e. The Kier molecular flexibility index (Phi) is 9.32. The van der Waals surface area contributed by atoms with E-state index in [4.69, 9.17) is 9.73 Å². The third-order valence-electron chi connectivity index (χ3n) is 5.01. The van der Waals surface area contributed by atoms with E-state index in [1.54, 1.807) is 7.11 Å². The fourth-order valence-electron chi connectivity index (χ4n) is 3.55. The van der Waals surface area contributed by atoms with Gasteiger partial charge in [-0.15, -0.1) is 6.58 Å². The van der Waals surface area contributed by atoms with E-state index in [-0.39, 0.29) is 5.92 Å². The summed E-state index contributed by atoms with van der Waals surface area (Å²) < 4.78 is 5.38. The van der Waals surface area contributed by atoms with Gasteiger partial charge in [0.25, 0.3) is 0 Å². The Balaban J connectivity index is 2.43. The normalized spacial score (nSPS) is 13.9. The van der Waals surface area contributed by atoms with Crippen molar-refractivity contribution in [2.75, 3.05) is 13.7 Å². The van der Waals surface area contributed by atoms with E-state index in [2.05, 4.69) is 13.5 Å². The summed E-state index contributed by atoms with van der Waals surface area (Å²) in [6, 6.07) is 18.6. The number of rotatable bonds is 12. The van der Waals surface area contributed by atoms with Crippen LogP contribution in [0.2, 0.25) is 0 Å². The van der Waals surface area contributed by atoms with Crippen molar-refractivity contribution in [3.05, 3.63) is 84.4 Å². The number of carboxylic acid groups (broad SMARTS) is 1. The van der Waals surface area contributed by atoms with Gasteiger partial charge in [-0.3, -0.25) is 4.99 Å². The molecule has 0 heterocycles. The number of carboxylic acids is 1. The summed E-state index contributed by atoms with van der Waals surface area (Å²) in [7, 11) is 1.61. The molecule has 2 rings (SSSR count). The lowest BCUT2D eigenvalue weighted by Crippen LogP contribution is -2.33. The van der Waals surface area contributed by atoms with Gasteiger partial charge in [0.1, 0.15) is 0 Å². The summed E-state index contributed by atoms with van der Waals surface area (Å²) >= 11 is 0. The van der Waals surface area contributed by atoms with Crippen molar-refractivity contribution in [1.29, 1.82) is 0 Å². The van der Waals surface area contributed by atoms with E-state index < -0.39 is 12.0 Å². The first-order valence-corrected chi connectivity index (χ1v) is 10.1. The molecule has 154 valence electrons. The van der Waals surface area contributed by atoms with E-state index in [1.807, 2.05) is 66.7 Å². The van der Waals surface area contributed by atoms with Crippen molar-refractivity contribution in [3.8, 4) is 0 Å². The summed E-state index contributed by atoms with van der Waals surface area (Å²) in [6.45, 7) is 6.28. The molecule has 0 amide bonds. The van der Waals surface area contributed by atoms with Crippen LogP contribution in [0.3, 0.4) is 0 Å². The molecule has 2 aromatic rings. The molecule has 2 unspecified atom stereocenters. The fraction of sp³-hybridized carbons (Fsp3) is 0.360. The summed E-state index contributed by atoms with van der Waals surface area (Å²) in [5.41, 5.74) is 2.50. The summed E-state index contributed by atoms with van der Waals surface area (Å²) in [6.07, 6.45) is 4.53. The van der Waals surface area contributed by atoms with Gasteiger partial charge >= 0.3 is 5.97 Å². The van der Waals surface area contributed by atoms with E-state index in [0.29, 0.717) is 18.2 Å². The van der Waals surface area contributed by atoms with Crippen LogP contribution in [0.15, 0.2) is 78.3 Å². The highest BCUT2D eigenvalue weighted by molar-refractivity contribution is 6.13. The molecule has 2 aromatic carbocycles. The average Bonchev–Trinajstić information content (AvgIpc) is 2.74. The maximum absolute atomic E-state index is 12.2. The van der Waals surface area contributed by atoms with Crippen LogP contribution in [-0.4, -0.2) is 36.5 Å². The van der Waals surface area contributed by atoms with Gasteiger partial charge in [-0.25, -0.2) is 4.79 Å². The minimum atomic E-state index is -0.924. The number of nitrogens with zero attached hydrogens (tertiary/aromatic N) is 1. The smallest absolute Gasteiger partial charge is 0.328 e. The van der Waals surface area contributed by atoms with Crippen LogP contribution >= 0.6 is 0 Å². The van der Waals surface area contributed by atoms with Crippen molar-refractivity contribution in [1.82, 2.24) is 0 Å². The van der Waals surface area contributed by atoms with Crippen molar-refractivity contribution in [3.63, 3.8) is 0 Å². The van der Waals surface area contributed by atoms with Crippen LogP contribution < -0.4 is 0 Å². The molecule has 0 radical (unpaired) electrons. The highest BCUT2D eigenvalue weighted by Crippen LogP contribution is 2.24. The Morgan fingerprint density at radius 1 is 1.10 bits per heavy atom. The maximum atomic E-state index is 12.2. The van der Waals surface area contributed by atoms with Gasteiger partial charge in [0.05, 0.1) is 12.3 Å². The number of allylic oxidation sites excluding steroid dienone is 1. The second kappa shape index (κ2) is 12.0. The van der Waals surface area contributed by atoms with Crippen molar-refractivity contribution < 1.29 is 14.6 Å². The molecule has 0 aromatic heterocycles. The predicted octanol–water partition coefficient (Wildman–Crippen LogP) is 5.23. The number of aliphatic carboxylic acids is 1. The summed E-state index contributed by atoms with van der Waals surface area (Å²) in [5.74, 6) is -0.769. The molecular weight excluding hydrogens is 362 g/mol. The fourth-order valence-corrected chi connectivity index (χ4v) is 3.55. The molecule has 0 bridgehead atoms. The van der Waals surface area contributed by atoms with Gasteiger partial charge in [0, 0.05) is 24.2 Å². The van der Waals surface area contributed by atoms with Gasteiger partial charge < -0.3 is 9.84 Å². The number of hydrogen-bond acceptors (Lipinski definition) is 3. The molecule has 3 atom stereocenters. The number of benzene rings is 2. The quantitative estimate of drug-likeness (QED) is 0.397. The Labute approximate surface area is 174 Å². The van der Waals surface area contributed by atoms with Gasteiger partial charge in [0.2, 0.25) is 0 Å². The maximum Gasteiger partial charge on any atom is 0.328 e.